The highest BCUT2D eigenvalue weighted by molar-refractivity contribution is 5.24. The van der Waals surface area contributed by atoms with Crippen molar-refractivity contribution in [3.05, 3.63) is 35.9 Å². The van der Waals surface area contributed by atoms with Crippen molar-refractivity contribution in [2.45, 2.75) is 52.0 Å². The Bertz CT molecular complexity index is 401. The number of rotatable bonds is 6. The summed E-state index contributed by atoms with van der Waals surface area (Å²) < 4.78 is 0. The summed E-state index contributed by atoms with van der Waals surface area (Å²) in [6.45, 7) is 11.7. The molecule has 1 aromatic carbocycles. The molecule has 1 aromatic rings. The van der Waals surface area contributed by atoms with Crippen LogP contribution in [0, 0.1) is 5.92 Å². The lowest BCUT2D eigenvalue weighted by atomic mass is 9.91. The van der Waals surface area contributed by atoms with Crippen LogP contribution in [0.5, 0.6) is 0 Å². The maximum Gasteiger partial charge on any atom is 0.0534 e. The van der Waals surface area contributed by atoms with Crippen molar-refractivity contribution in [3.63, 3.8) is 0 Å². The molecule has 2 nitrogen and oxygen atoms in total. The minimum Gasteiger partial charge on any atom is -0.307 e. The number of unbranched alkanes of at least 4 members (excludes halogenated alkanes) is 1. The third kappa shape index (κ3) is 5.12. The molecule has 1 saturated heterocycles. The van der Waals surface area contributed by atoms with E-state index in [1.807, 2.05) is 0 Å². The van der Waals surface area contributed by atoms with E-state index in [1.165, 1.54) is 44.3 Å². The zero-order chi connectivity index (χ0) is 15.1. The van der Waals surface area contributed by atoms with E-state index in [1.54, 1.807) is 0 Å². The molecule has 1 aliphatic heterocycles. The lowest BCUT2D eigenvalue weighted by molar-refractivity contribution is 0.216. The summed E-state index contributed by atoms with van der Waals surface area (Å²) in [5.74, 6) is 0.838. The molecule has 0 saturated carbocycles. The molecule has 1 fully saturated rings. The molecule has 2 heteroatoms. The lowest BCUT2D eigenvalue weighted by Gasteiger charge is -2.34. The van der Waals surface area contributed by atoms with Crippen LogP contribution in [-0.4, -0.2) is 31.1 Å². The van der Waals surface area contributed by atoms with E-state index in [0.717, 1.165) is 19.0 Å². The first-order chi connectivity index (χ1) is 10.1. The van der Waals surface area contributed by atoms with Gasteiger partial charge in [-0.1, -0.05) is 57.0 Å². The van der Waals surface area contributed by atoms with Gasteiger partial charge in [0.25, 0.3) is 0 Å². The first-order valence-electron chi connectivity index (χ1n) is 8.63. The third-order valence-electron chi connectivity index (χ3n) is 4.62. The lowest BCUT2D eigenvalue weighted by Crippen LogP contribution is -2.46. The Labute approximate surface area is 130 Å². The molecule has 0 radical (unpaired) electrons. The van der Waals surface area contributed by atoms with E-state index in [2.05, 4.69) is 61.3 Å². The molecule has 1 aliphatic rings. The van der Waals surface area contributed by atoms with E-state index in [-0.39, 0.29) is 5.54 Å². The predicted molar refractivity (Wildman–Crippen MR) is 91.5 cm³/mol. The van der Waals surface area contributed by atoms with Crippen LogP contribution in [-0.2, 0) is 5.54 Å². The van der Waals surface area contributed by atoms with Gasteiger partial charge in [-0.25, -0.2) is 0 Å². The standard InChI is InChI=1S/C19H32N2/c1-17(2)10-7-8-14-21-15-9-13-20-19(3,16-21)18-11-5-4-6-12-18/h4-6,11-12,17,20H,7-10,13-16H2,1-3H3. The van der Waals surface area contributed by atoms with Crippen LogP contribution in [0.15, 0.2) is 30.3 Å². The summed E-state index contributed by atoms with van der Waals surface area (Å²) in [5.41, 5.74) is 1.51. The fraction of sp³-hybridized carbons (Fsp3) is 0.684. The largest absolute Gasteiger partial charge is 0.307 e. The van der Waals surface area contributed by atoms with Gasteiger partial charge in [-0.05, 0) is 50.9 Å². The molecule has 21 heavy (non-hydrogen) atoms. The maximum atomic E-state index is 3.77. The van der Waals surface area contributed by atoms with Crippen LogP contribution in [0.2, 0.25) is 0 Å². The molecular formula is C19H32N2. The minimum absolute atomic E-state index is 0.0931. The Morgan fingerprint density at radius 1 is 1.19 bits per heavy atom. The second-order valence-corrected chi connectivity index (χ2v) is 7.14. The highest BCUT2D eigenvalue weighted by atomic mass is 15.2. The molecule has 0 aliphatic carbocycles. The molecule has 0 spiro atoms. The van der Waals surface area contributed by atoms with Crippen molar-refractivity contribution >= 4 is 0 Å². The van der Waals surface area contributed by atoms with Gasteiger partial charge < -0.3 is 10.2 Å². The number of benzene rings is 1. The van der Waals surface area contributed by atoms with Gasteiger partial charge in [0.05, 0.1) is 5.54 Å². The van der Waals surface area contributed by atoms with Crippen LogP contribution in [0.25, 0.3) is 0 Å². The summed E-state index contributed by atoms with van der Waals surface area (Å²) in [6.07, 6.45) is 5.32. The summed E-state index contributed by atoms with van der Waals surface area (Å²) >= 11 is 0. The molecule has 118 valence electrons. The average molecular weight is 288 g/mol. The van der Waals surface area contributed by atoms with E-state index < -0.39 is 0 Å². The molecule has 0 amide bonds. The summed E-state index contributed by atoms with van der Waals surface area (Å²) in [6, 6.07) is 10.9. The zero-order valence-corrected chi connectivity index (χ0v) is 14.1. The highest BCUT2D eigenvalue weighted by Crippen LogP contribution is 2.24. The van der Waals surface area contributed by atoms with Crippen molar-refractivity contribution in [1.82, 2.24) is 10.2 Å². The van der Waals surface area contributed by atoms with Gasteiger partial charge in [-0.3, -0.25) is 0 Å². The topological polar surface area (TPSA) is 15.3 Å². The maximum absolute atomic E-state index is 3.77. The van der Waals surface area contributed by atoms with Crippen LogP contribution in [0.4, 0.5) is 0 Å². The van der Waals surface area contributed by atoms with E-state index >= 15 is 0 Å². The van der Waals surface area contributed by atoms with Crippen molar-refractivity contribution < 1.29 is 0 Å². The summed E-state index contributed by atoms with van der Waals surface area (Å²) in [7, 11) is 0. The Morgan fingerprint density at radius 2 is 1.95 bits per heavy atom. The molecule has 0 bridgehead atoms. The van der Waals surface area contributed by atoms with Gasteiger partial charge in [0.15, 0.2) is 0 Å². The number of nitrogens with zero attached hydrogens (tertiary/aromatic N) is 1. The summed E-state index contributed by atoms with van der Waals surface area (Å²) in [5, 5.41) is 3.77. The van der Waals surface area contributed by atoms with Crippen LogP contribution >= 0.6 is 0 Å². The van der Waals surface area contributed by atoms with Crippen LogP contribution < -0.4 is 5.32 Å². The van der Waals surface area contributed by atoms with Gasteiger partial charge in [0, 0.05) is 6.54 Å². The van der Waals surface area contributed by atoms with Crippen molar-refractivity contribution in [2.24, 2.45) is 5.92 Å². The molecule has 1 N–H and O–H groups in total. The SMILES string of the molecule is CC(C)CCCCN1CCCNC(C)(c2ccccc2)C1. The summed E-state index contributed by atoms with van der Waals surface area (Å²) in [4.78, 5) is 2.66. The molecule has 1 atom stereocenters. The van der Waals surface area contributed by atoms with Crippen molar-refractivity contribution in [3.8, 4) is 0 Å². The normalized spacial score (nSPS) is 24.2. The number of hydrogen-bond donors (Lipinski definition) is 1. The molecule has 0 aromatic heterocycles. The van der Waals surface area contributed by atoms with E-state index in [9.17, 15) is 0 Å². The Kier molecular flexibility index (Phi) is 6.25. The monoisotopic (exact) mass is 288 g/mol. The van der Waals surface area contributed by atoms with Gasteiger partial charge >= 0.3 is 0 Å². The minimum atomic E-state index is 0.0931. The molecular weight excluding hydrogens is 256 g/mol. The predicted octanol–water partition coefficient (Wildman–Crippen LogP) is 4.02. The van der Waals surface area contributed by atoms with Crippen molar-refractivity contribution in [2.75, 3.05) is 26.2 Å². The Morgan fingerprint density at radius 3 is 2.67 bits per heavy atom. The highest BCUT2D eigenvalue weighted by Gasteiger charge is 2.30. The van der Waals surface area contributed by atoms with Crippen molar-refractivity contribution in [1.29, 1.82) is 0 Å². The van der Waals surface area contributed by atoms with E-state index in [0.29, 0.717) is 0 Å². The average Bonchev–Trinajstić information content (AvgIpc) is 2.67. The smallest absolute Gasteiger partial charge is 0.0534 e. The Balaban J connectivity index is 1.92. The van der Waals surface area contributed by atoms with Gasteiger partial charge in [-0.2, -0.15) is 0 Å². The Hall–Kier alpha value is -0.860. The van der Waals surface area contributed by atoms with Gasteiger partial charge in [0.2, 0.25) is 0 Å². The van der Waals surface area contributed by atoms with Gasteiger partial charge in [-0.15, -0.1) is 0 Å². The quantitative estimate of drug-likeness (QED) is 0.795. The zero-order valence-electron chi connectivity index (χ0n) is 14.1. The molecule has 1 unspecified atom stereocenters. The molecule has 2 rings (SSSR count). The van der Waals surface area contributed by atoms with E-state index in [4.69, 9.17) is 0 Å². The number of nitrogens with one attached hydrogen (secondary N) is 1. The molecule has 1 heterocycles. The second-order valence-electron chi connectivity index (χ2n) is 7.14. The fourth-order valence-corrected chi connectivity index (χ4v) is 3.33. The third-order valence-corrected chi connectivity index (χ3v) is 4.62. The first-order valence-corrected chi connectivity index (χ1v) is 8.63. The van der Waals surface area contributed by atoms with Crippen LogP contribution in [0.3, 0.4) is 0 Å². The first kappa shape index (κ1) is 16.5. The second kappa shape index (κ2) is 7.95. The van der Waals surface area contributed by atoms with Crippen LogP contribution in [0.1, 0.15) is 52.0 Å². The van der Waals surface area contributed by atoms with Gasteiger partial charge in [0.1, 0.15) is 0 Å². The fourth-order valence-electron chi connectivity index (χ4n) is 3.33. The number of hydrogen-bond acceptors (Lipinski definition) is 2.